The van der Waals surface area contributed by atoms with E-state index in [9.17, 15) is 13.2 Å². The minimum Gasteiger partial charge on any atom is -0.347 e. The van der Waals surface area contributed by atoms with E-state index in [1.807, 2.05) is 6.92 Å². The topological polar surface area (TPSA) is 92.3 Å². The van der Waals surface area contributed by atoms with Gasteiger partial charge in [0.25, 0.3) is 5.91 Å². The van der Waals surface area contributed by atoms with Crippen molar-refractivity contribution in [2.24, 2.45) is 0 Å². The number of aryl methyl sites for hydroxylation is 1. The van der Waals surface area contributed by atoms with E-state index in [4.69, 9.17) is 0 Å². The quantitative estimate of drug-likeness (QED) is 0.860. The third-order valence-electron chi connectivity index (χ3n) is 4.03. The number of hydrogen-bond acceptors (Lipinski definition) is 6. The van der Waals surface area contributed by atoms with Crippen LogP contribution in [0.2, 0.25) is 0 Å². The molecule has 7 nitrogen and oxygen atoms in total. The van der Waals surface area contributed by atoms with Crippen LogP contribution in [0.5, 0.6) is 0 Å². The standard InChI is InChI=1S/C14H20N4O3S/c1-10-8-12(17-14(15-10)18-5-2-3-6-18)13(19)16-11-4-7-22(20,21)9-11/h8,11H,2-7,9H2,1H3,(H,16,19)/t11-/m0/s1. The second-order valence-electron chi connectivity index (χ2n) is 5.96. The number of carbonyl (C=O) groups is 1. The van der Waals surface area contributed by atoms with Gasteiger partial charge in [0, 0.05) is 24.8 Å². The summed E-state index contributed by atoms with van der Waals surface area (Å²) in [5, 5.41) is 2.77. The number of hydrogen-bond donors (Lipinski definition) is 1. The van der Waals surface area contributed by atoms with Gasteiger partial charge in [-0.15, -0.1) is 0 Å². The number of rotatable bonds is 3. The Bertz CT molecular complexity index is 683. The maximum absolute atomic E-state index is 12.3. The highest BCUT2D eigenvalue weighted by molar-refractivity contribution is 7.91. The largest absolute Gasteiger partial charge is 0.347 e. The molecule has 0 unspecified atom stereocenters. The van der Waals surface area contributed by atoms with Crippen LogP contribution in [-0.2, 0) is 9.84 Å². The zero-order valence-electron chi connectivity index (χ0n) is 12.6. The summed E-state index contributed by atoms with van der Waals surface area (Å²) in [6.07, 6.45) is 2.69. The molecular weight excluding hydrogens is 304 g/mol. The molecule has 2 saturated heterocycles. The molecule has 0 spiro atoms. The van der Waals surface area contributed by atoms with E-state index < -0.39 is 9.84 Å². The lowest BCUT2D eigenvalue weighted by Gasteiger charge is -2.17. The molecule has 0 bridgehead atoms. The maximum atomic E-state index is 12.3. The van der Waals surface area contributed by atoms with Gasteiger partial charge >= 0.3 is 0 Å². The Morgan fingerprint density at radius 1 is 1.32 bits per heavy atom. The third-order valence-corrected chi connectivity index (χ3v) is 5.80. The van der Waals surface area contributed by atoms with E-state index in [1.165, 1.54) is 0 Å². The van der Waals surface area contributed by atoms with Crippen molar-refractivity contribution in [2.45, 2.75) is 32.2 Å². The van der Waals surface area contributed by atoms with E-state index in [1.54, 1.807) is 6.07 Å². The first-order valence-electron chi connectivity index (χ1n) is 7.55. The molecule has 2 aliphatic rings. The van der Waals surface area contributed by atoms with Crippen molar-refractivity contribution >= 4 is 21.7 Å². The van der Waals surface area contributed by atoms with Crippen LogP contribution in [0.1, 0.15) is 35.4 Å². The third kappa shape index (κ3) is 3.37. The van der Waals surface area contributed by atoms with Crippen molar-refractivity contribution in [1.29, 1.82) is 0 Å². The fourth-order valence-electron chi connectivity index (χ4n) is 2.90. The van der Waals surface area contributed by atoms with Crippen LogP contribution >= 0.6 is 0 Å². The van der Waals surface area contributed by atoms with Crippen LogP contribution in [-0.4, -0.2) is 54.9 Å². The van der Waals surface area contributed by atoms with E-state index in [2.05, 4.69) is 20.2 Å². The first kappa shape index (κ1) is 15.2. The van der Waals surface area contributed by atoms with E-state index >= 15 is 0 Å². The van der Waals surface area contributed by atoms with E-state index in [0.29, 0.717) is 18.1 Å². The second-order valence-corrected chi connectivity index (χ2v) is 8.19. The number of aromatic nitrogens is 2. The summed E-state index contributed by atoms with van der Waals surface area (Å²) in [4.78, 5) is 23.1. The minimum atomic E-state index is -3.01. The summed E-state index contributed by atoms with van der Waals surface area (Å²) in [5.41, 5.74) is 1.04. The molecule has 0 aromatic carbocycles. The van der Waals surface area contributed by atoms with Crippen LogP contribution < -0.4 is 10.2 Å². The van der Waals surface area contributed by atoms with Crippen molar-refractivity contribution < 1.29 is 13.2 Å². The molecule has 1 atom stereocenters. The Labute approximate surface area is 130 Å². The predicted molar refractivity (Wildman–Crippen MR) is 82.7 cm³/mol. The molecule has 1 aromatic rings. The Morgan fingerprint density at radius 3 is 2.68 bits per heavy atom. The average Bonchev–Trinajstić information content (AvgIpc) is 3.08. The summed E-state index contributed by atoms with van der Waals surface area (Å²) in [7, 11) is -3.01. The fraction of sp³-hybridized carbons (Fsp3) is 0.643. The Balaban J connectivity index is 1.74. The van der Waals surface area contributed by atoms with Crippen LogP contribution in [0.3, 0.4) is 0 Å². The molecule has 1 N–H and O–H groups in total. The number of nitrogens with one attached hydrogen (secondary N) is 1. The molecule has 120 valence electrons. The van der Waals surface area contributed by atoms with E-state index in [-0.39, 0.29) is 23.5 Å². The van der Waals surface area contributed by atoms with Gasteiger partial charge in [0.15, 0.2) is 9.84 Å². The molecule has 0 radical (unpaired) electrons. The van der Waals surface area contributed by atoms with Gasteiger partial charge < -0.3 is 10.2 Å². The molecule has 1 aromatic heterocycles. The van der Waals surface area contributed by atoms with Gasteiger partial charge in [-0.1, -0.05) is 0 Å². The molecule has 2 fully saturated rings. The lowest BCUT2D eigenvalue weighted by molar-refractivity contribution is 0.0936. The number of sulfone groups is 1. The van der Waals surface area contributed by atoms with Gasteiger partial charge in [-0.05, 0) is 32.3 Å². The molecule has 1 amide bonds. The van der Waals surface area contributed by atoms with Crippen molar-refractivity contribution in [1.82, 2.24) is 15.3 Å². The molecule has 8 heteroatoms. The van der Waals surface area contributed by atoms with Gasteiger partial charge in [0.05, 0.1) is 11.5 Å². The zero-order valence-corrected chi connectivity index (χ0v) is 13.4. The molecule has 22 heavy (non-hydrogen) atoms. The smallest absolute Gasteiger partial charge is 0.270 e. The first-order chi connectivity index (χ1) is 10.4. The normalized spacial score (nSPS) is 23.7. The monoisotopic (exact) mass is 324 g/mol. The lowest BCUT2D eigenvalue weighted by atomic mass is 10.2. The number of carbonyl (C=O) groups excluding carboxylic acids is 1. The maximum Gasteiger partial charge on any atom is 0.270 e. The highest BCUT2D eigenvalue weighted by Crippen LogP contribution is 2.17. The fourth-order valence-corrected chi connectivity index (χ4v) is 4.57. The van der Waals surface area contributed by atoms with Crippen molar-refractivity contribution in [3.8, 4) is 0 Å². The highest BCUT2D eigenvalue weighted by Gasteiger charge is 2.29. The number of nitrogens with zero attached hydrogens (tertiary/aromatic N) is 3. The first-order valence-corrected chi connectivity index (χ1v) is 9.37. The van der Waals surface area contributed by atoms with Gasteiger partial charge in [0.1, 0.15) is 5.69 Å². The molecular formula is C14H20N4O3S. The summed E-state index contributed by atoms with van der Waals surface area (Å²) in [6, 6.07) is 1.32. The Morgan fingerprint density at radius 2 is 2.05 bits per heavy atom. The summed E-state index contributed by atoms with van der Waals surface area (Å²) in [5.74, 6) is 0.413. The zero-order chi connectivity index (χ0) is 15.7. The SMILES string of the molecule is Cc1cc(C(=O)N[C@H]2CCS(=O)(=O)C2)nc(N2CCCC2)n1. The van der Waals surface area contributed by atoms with Gasteiger partial charge in [0.2, 0.25) is 5.95 Å². The summed E-state index contributed by atoms with van der Waals surface area (Å²) >= 11 is 0. The van der Waals surface area contributed by atoms with E-state index in [0.717, 1.165) is 31.6 Å². The molecule has 0 aliphatic carbocycles. The van der Waals surface area contributed by atoms with Crippen LogP contribution in [0.15, 0.2) is 6.07 Å². The van der Waals surface area contributed by atoms with Crippen molar-refractivity contribution in [2.75, 3.05) is 29.5 Å². The van der Waals surface area contributed by atoms with Crippen LogP contribution in [0.25, 0.3) is 0 Å². The molecule has 0 saturated carbocycles. The minimum absolute atomic E-state index is 0.0157. The highest BCUT2D eigenvalue weighted by atomic mass is 32.2. The van der Waals surface area contributed by atoms with Crippen molar-refractivity contribution in [3.05, 3.63) is 17.5 Å². The Kier molecular flexibility index (Phi) is 4.03. The molecule has 3 heterocycles. The van der Waals surface area contributed by atoms with Crippen LogP contribution in [0.4, 0.5) is 5.95 Å². The molecule has 3 rings (SSSR count). The second kappa shape index (κ2) is 5.83. The average molecular weight is 324 g/mol. The summed E-state index contributed by atoms with van der Waals surface area (Å²) < 4.78 is 22.9. The van der Waals surface area contributed by atoms with Gasteiger partial charge in [-0.2, -0.15) is 0 Å². The Hall–Kier alpha value is -1.70. The number of anilines is 1. The predicted octanol–water partition coefficient (Wildman–Crippen LogP) is 0.302. The molecule has 2 aliphatic heterocycles. The van der Waals surface area contributed by atoms with Crippen LogP contribution in [0, 0.1) is 6.92 Å². The summed E-state index contributed by atoms with van der Waals surface area (Å²) in [6.45, 7) is 3.65. The van der Waals surface area contributed by atoms with Gasteiger partial charge in [-0.25, -0.2) is 18.4 Å². The lowest BCUT2D eigenvalue weighted by Crippen LogP contribution is -2.36. The van der Waals surface area contributed by atoms with Gasteiger partial charge in [-0.3, -0.25) is 4.79 Å². The van der Waals surface area contributed by atoms with Crippen molar-refractivity contribution in [3.63, 3.8) is 0 Å². The number of amides is 1.